The third-order valence-electron chi connectivity index (χ3n) is 1.72. The van der Waals surface area contributed by atoms with Crippen LogP contribution in [0.25, 0.3) is 0 Å². The lowest BCUT2D eigenvalue weighted by Crippen LogP contribution is -2.46. The Hall–Kier alpha value is -0.850. The van der Waals surface area contributed by atoms with Gasteiger partial charge in [0.15, 0.2) is 0 Å². The highest BCUT2D eigenvalue weighted by molar-refractivity contribution is 5.80. The molecular weight excluding hydrogens is 208 g/mol. The molecule has 0 bridgehead atoms. The number of ether oxygens (including phenoxy) is 2. The molecule has 0 radical (unpaired) electrons. The quantitative estimate of drug-likeness (QED) is 0.404. The van der Waals surface area contributed by atoms with Crippen molar-refractivity contribution in [2.45, 2.75) is 24.9 Å². The van der Waals surface area contributed by atoms with Gasteiger partial charge in [0.25, 0.3) is 5.67 Å². The maximum atomic E-state index is 12.8. The van der Waals surface area contributed by atoms with E-state index in [1.165, 1.54) is 0 Å². The smallest absolute Gasteiger partial charge is 0.433 e. The summed E-state index contributed by atoms with van der Waals surface area (Å²) in [5.74, 6) is -1.93. The topological polar surface area (TPSA) is 38.8 Å². The number of alkyl halides is 4. The fourth-order valence-corrected chi connectivity index (χ4v) is 0.584. The van der Waals surface area contributed by atoms with Crippen molar-refractivity contribution in [3.8, 4) is 0 Å². The van der Waals surface area contributed by atoms with Gasteiger partial charge in [-0.15, -0.1) is 0 Å². The number of carbonyl (C=O) groups is 1. The SMILES string of the molecule is CC(F)(C(=O)OCC1CO1)C(F)(F)F. The van der Waals surface area contributed by atoms with E-state index < -0.39 is 17.8 Å². The Morgan fingerprint density at radius 3 is 2.36 bits per heavy atom. The monoisotopic (exact) mass is 216 g/mol. The summed E-state index contributed by atoms with van der Waals surface area (Å²) in [5.41, 5.74) is -3.96. The second-order valence-corrected chi connectivity index (χ2v) is 3.05. The van der Waals surface area contributed by atoms with Gasteiger partial charge in [0, 0.05) is 0 Å². The van der Waals surface area contributed by atoms with Crippen LogP contribution < -0.4 is 0 Å². The van der Waals surface area contributed by atoms with Gasteiger partial charge in [0.2, 0.25) is 0 Å². The molecule has 0 aromatic rings. The molecule has 1 fully saturated rings. The molecule has 0 aliphatic carbocycles. The normalized spacial score (nSPS) is 25.4. The molecule has 82 valence electrons. The van der Waals surface area contributed by atoms with Gasteiger partial charge in [-0.25, -0.2) is 9.18 Å². The number of hydrogen-bond acceptors (Lipinski definition) is 3. The molecule has 14 heavy (non-hydrogen) atoms. The number of hydrogen-bond donors (Lipinski definition) is 0. The molecule has 0 aromatic heterocycles. The molecule has 1 rings (SSSR count). The number of carbonyl (C=O) groups excluding carboxylic acids is 1. The Labute approximate surface area is 77.0 Å². The summed E-state index contributed by atoms with van der Waals surface area (Å²) in [5, 5.41) is 0. The zero-order valence-electron chi connectivity index (χ0n) is 7.23. The number of rotatable bonds is 3. The molecule has 0 aromatic carbocycles. The van der Waals surface area contributed by atoms with E-state index >= 15 is 0 Å². The van der Waals surface area contributed by atoms with Crippen LogP contribution in [0, 0.1) is 0 Å². The molecule has 7 heteroatoms. The Kier molecular flexibility index (Phi) is 2.71. The number of halogens is 4. The van der Waals surface area contributed by atoms with Crippen molar-refractivity contribution in [1.82, 2.24) is 0 Å². The average Bonchev–Trinajstić information content (AvgIpc) is 2.80. The van der Waals surface area contributed by atoms with E-state index in [-0.39, 0.29) is 19.6 Å². The van der Waals surface area contributed by atoms with Crippen molar-refractivity contribution >= 4 is 5.97 Å². The van der Waals surface area contributed by atoms with Crippen molar-refractivity contribution in [2.75, 3.05) is 13.2 Å². The van der Waals surface area contributed by atoms with E-state index in [4.69, 9.17) is 0 Å². The molecule has 2 atom stereocenters. The Morgan fingerprint density at radius 2 is 2.00 bits per heavy atom. The molecule has 1 saturated heterocycles. The summed E-state index contributed by atoms with van der Waals surface area (Å²) in [6.45, 7) is 0.111. The number of esters is 1. The standard InChI is InChI=1S/C7H8F4O3/c1-6(8,7(9,10)11)5(12)14-3-4-2-13-4/h4H,2-3H2,1H3. The lowest BCUT2D eigenvalue weighted by molar-refractivity contribution is -0.234. The maximum Gasteiger partial charge on any atom is 0.433 e. The van der Waals surface area contributed by atoms with Gasteiger partial charge in [-0.3, -0.25) is 0 Å². The fourth-order valence-electron chi connectivity index (χ4n) is 0.584. The van der Waals surface area contributed by atoms with Gasteiger partial charge in [0.05, 0.1) is 6.61 Å². The first kappa shape index (κ1) is 11.2. The average molecular weight is 216 g/mol. The summed E-state index contributed by atoms with van der Waals surface area (Å²) in [6, 6.07) is 0. The van der Waals surface area contributed by atoms with E-state index in [9.17, 15) is 22.4 Å². The molecule has 0 amide bonds. The van der Waals surface area contributed by atoms with Gasteiger partial charge in [-0.2, -0.15) is 13.2 Å². The van der Waals surface area contributed by atoms with Gasteiger partial charge in [-0.1, -0.05) is 0 Å². The van der Waals surface area contributed by atoms with Gasteiger partial charge < -0.3 is 9.47 Å². The fraction of sp³-hybridized carbons (Fsp3) is 0.857. The second-order valence-electron chi connectivity index (χ2n) is 3.05. The summed E-state index contributed by atoms with van der Waals surface area (Å²) < 4.78 is 57.2. The highest BCUT2D eigenvalue weighted by Gasteiger charge is 2.59. The molecule has 0 N–H and O–H groups in total. The summed E-state index contributed by atoms with van der Waals surface area (Å²) in [4.78, 5) is 10.7. The third-order valence-corrected chi connectivity index (χ3v) is 1.72. The Balaban J connectivity index is 2.48. The molecule has 3 nitrogen and oxygen atoms in total. The van der Waals surface area contributed by atoms with Crippen molar-refractivity contribution in [3.63, 3.8) is 0 Å². The summed E-state index contributed by atoms with van der Waals surface area (Å²) in [6.07, 6.45) is -5.64. The van der Waals surface area contributed by atoms with Crippen LogP contribution in [0.1, 0.15) is 6.92 Å². The van der Waals surface area contributed by atoms with Gasteiger partial charge >= 0.3 is 12.1 Å². The highest BCUT2D eigenvalue weighted by Crippen LogP contribution is 2.34. The van der Waals surface area contributed by atoms with Gasteiger partial charge in [-0.05, 0) is 6.92 Å². The van der Waals surface area contributed by atoms with Crippen LogP contribution in [0.15, 0.2) is 0 Å². The minimum atomic E-state index is -5.26. The predicted octanol–water partition coefficient (Wildman–Crippen LogP) is 1.22. The molecule has 1 heterocycles. The minimum Gasteiger partial charge on any atom is -0.460 e. The molecular formula is C7H8F4O3. The van der Waals surface area contributed by atoms with Crippen LogP contribution in [-0.4, -0.2) is 37.1 Å². The minimum absolute atomic E-state index is 0.128. The van der Waals surface area contributed by atoms with Crippen LogP contribution >= 0.6 is 0 Å². The van der Waals surface area contributed by atoms with E-state index in [2.05, 4.69) is 9.47 Å². The Bertz CT molecular complexity index is 232. The number of epoxide rings is 1. The van der Waals surface area contributed by atoms with Crippen molar-refractivity contribution in [1.29, 1.82) is 0 Å². The van der Waals surface area contributed by atoms with E-state index in [1.54, 1.807) is 0 Å². The summed E-state index contributed by atoms with van der Waals surface area (Å²) >= 11 is 0. The van der Waals surface area contributed by atoms with Crippen molar-refractivity contribution < 1.29 is 31.8 Å². The van der Waals surface area contributed by atoms with Crippen molar-refractivity contribution in [2.24, 2.45) is 0 Å². The predicted molar refractivity (Wildman–Crippen MR) is 36.3 cm³/mol. The van der Waals surface area contributed by atoms with Crippen molar-refractivity contribution in [3.05, 3.63) is 0 Å². The molecule has 2 unspecified atom stereocenters. The van der Waals surface area contributed by atoms with E-state index in [0.717, 1.165) is 0 Å². The van der Waals surface area contributed by atoms with Crippen LogP contribution in [-0.2, 0) is 14.3 Å². The van der Waals surface area contributed by atoms with Crippen LogP contribution in [0.4, 0.5) is 17.6 Å². The van der Waals surface area contributed by atoms with Crippen LogP contribution in [0.3, 0.4) is 0 Å². The first-order valence-electron chi connectivity index (χ1n) is 3.79. The van der Waals surface area contributed by atoms with E-state index in [0.29, 0.717) is 6.61 Å². The van der Waals surface area contributed by atoms with Crippen LogP contribution in [0.5, 0.6) is 0 Å². The largest absolute Gasteiger partial charge is 0.460 e. The summed E-state index contributed by atoms with van der Waals surface area (Å²) in [7, 11) is 0. The molecule has 1 aliphatic rings. The second kappa shape index (κ2) is 3.38. The maximum absolute atomic E-state index is 12.8. The van der Waals surface area contributed by atoms with Crippen LogP contribution in [0.2, 0.25) is 0 Å². The zero-order chi connectivity index (χ0) is 11.0. The highest BCUT2D eigenvalue weighted by atomic mass is 19.4. The Morgan fingerprint density at radius 1 is 1.50 bits per heavy atom. The first-order chi connectivity index (χ1) is 6.25. The lowest BCUT2D eigenvalue weighted by atomic mass is 10.1. The van der Waals surface area contributed by atoms with Gasteiger partial charge in [0.1, 0.15) is 12.7 Å². The molecule has 0 spiro atoms. The first-order valence-corrected chi connectivity index (χ1v) is 3.79. The zero-order valence-corrected chi connectivity index (χ0v) is 7.23. The van der Waals surface area contributed by atoms with E-state index in [1.807, 2.05) is 0 Å². The molecule has 1 aliphatic heterocycles. The lowest BCUT2D eigenvalue weighted by Gasteiger charge is -2.21. The third kappa shape index (κ3) is 2.34. The molecule has 0 saturated carbocycles.